The Morgan fingerprint density at radius 2 is 1.96 bits per heavy atom. The maximum absolute atomic E-state index is 12.2. The van der Waals surface area contributed by atoms with Gasteiger partial charge in [0.2, 0.25) is 0 Å². The van der Waals surface area contributed by atoms with Crippen molar-refractivity contribution in [3.05, 3.63) is 27.9 Å². The number of urea groups is 1. The fourth-order valence-corrected chi connectivity index (χ4v) is 2.63. The molecule has 8 nitrogen and oxygen atoms in total. The van der Waals surface area contributed by atoms with Crippen molar-refractivity contribution in [2.24, 2.45) is 0 Å². The number of likely N-dealkylation sites (N-methyl/N-ethyl adjacent to an activating group) is 1. The topological polar surface area (TPSA) is 105 Å². The second kappa shape index (κ2) is 8.02. The molecular weight excluding hydrogens is 396 g/mol. The fourth-order valence-electron chi connectivity index (χ4n) is 2.20. The molecule has 0 saturated carbocycles. The number of carboxylic acids is 1. The average Bonchev–Trinajstić information content (AvgIpc) is 2.82. The van der Waals surface area contributed by atoms with Gasteiger partial charge in [-0.1, -0.05) is 15.9 Å². The highest BCUT2D eigenvalue weighted by Crippen LogP contribution is 2.35. The highest BCUT2D eigenvalue weighted by Gasteiger charge is 2.32. The van der Waals surface area contributed by atoms with Gasteiger partial charge in [-0.05, 0) is 37.6 Å². The van der Waals surface area contributed by atoms with Crippen molar-refractivity contribution >= 4 is 39.9 Å². The van der Waals surface area contributed by atoms with Gasteiger partial charge in [0.1, 0.15) is 5.70 Å². The zero-order valence-corrected chi connectivity index (χ0v) is 15.3. The number of ether oxygens (including phenoxy) is 2. The molecule has 0 aliphatic carbocycles. The Labute approximate surface area is 152 Å². The number of carboxylic acid groups (broad SMARTS) is 1. The van der Waals surface area contributed by atoms with Crippen molar-refractivity contribution < 1.29 is 29.0 Å². The van der Waals surface area contributed by atoms with Crippen LogP contribution in [0.2, 0.25) is 0 Å². The molecule has 134 valence electrons. The van der Waals surface area contributed by atoms with Gasteiger partial charge in [-0.15, -0.1) is 0 Å². The number of carbonyl (C=O) groups excluding carboxylic acids is 2. The molecule has 0 atom stereocenters. The first-order chi connectivity index (χ1) is 11.9. The minimum Gasteiger partial charge on any atom is -0.490 e. The van der Waals surface area contributed by atoms with Crippen LogP contribution in [0.25, 0.3) is 6.08 Å². The highest BCUT2D eigenvalue weighted by molar-refractivity contribution is 9.10. The van der Waals surface area contributed by atoms with Crippen LogP contribution in [0, 0.1) is 0 Å². The third-order valence-corrected chi connectivity index (χ3v) is 3.98. The van der Waals surface area contributed by atoms with Crippen molar-refractivity contribution in [1.82, 2.24) is 10.2 Å². The minimum absolute atomic E-state index is 0.147. The number of carbonyl (C=O) groups is 3. The SMILES string of the molecule is CCOc1cc(/C=C2/NC(=O)N(CC)C2=O)c(Br)cc1OCC(=O)O. The summed E-state index contributed by atoms with van der Waals surface area (Å²) in [5.74, 6) is -0.926. The van der Waals surface area contributed by atoms with Crippen molar-refractivity contribution in [2.45, 2.75) is 13.8 Å². The molecule has 1 aromatic rings. The zero-order valence-electron chi connectivity index (χ0n) is 13.7. The summed E-state index contributed by atoms with van der Waals surface area (Å²) < 4.78 is 11.2. The summed E-state index contributed by atoms with van der Waals surface area (Å²) in [6.07, 6.45) is 1.52. The Kier molecular flexibility index (Phi) is 6.02. The largest absolute Gasteiger partial charge is 0.490 e. The molecule has 1 aliphatic rings. The maximum atomic E-state index is 12.2. The normalized spacial score (nSPS) is 15.5. The molecule has 9 heteroatoms. The van der Waals surface area contributed by atoms with Gasteiger partial charge in [0.15, 0.2) is 18.1 Å². The van der Waals surface area contributed by atoms with Crippen LogP contribution in [0.15, 0.2) is 22.3 Å². The van der Waals surface area contributed by atoms with Crippen molar-refractivity contribution in [1.29, 1.82) is 0 Å². The Morgan fingerprint density at radius 3 is 2.52 bits per heavy atom. The van der Waals surface area contributed by atoms with E-state index in [1.807, 2.05) is 0 Å². The van der Waals surface area contributed by atoms with Crippen LogP contribution < -0.4 is 14.8 Å². The lowest BCUT2D eigenvalue weighted by atomic mass is 10.1. The third kappa shape index (κ3) is 4.30. The van der Waals surface area contributed by atoms with E-state index in [1.165, 1.54) is 6.08 Å². The number of rotatable bonds is 7. The van der Waals surface area contributed by atoms with Gasteiger partial charge in [-0.25, -0.2) is 9.59 Å². The summed E-state index contributed by atoms with van der Waals surface area (Å²) in [6, 6.07) is 2.69. The van der Waals surface area contributed by atoms with E-state index in [-0.39, 0.29) is 18.0 Å². The van der Waals surface area contributed by atoms with Crippen molar-refractivity contribution in [3.8, 4) is 11.5 Å². The molecule has 25 heavy (non-hydrogen) atoms. The predicted octanol–water partition coefficient (Wildman–Crippen LogP) is 2.22. The lowest BCUT2D eigenvalue weighted by Gasteiger charge is -2.13. The number of hydrogen-bond donors (Lipinski definition) is 2. The Bertz CT molecular complexity index is 746. The molecule has 0 unspecified atom stereocenters. The Morgan fingerprint density at radius 1 is 1.28 bits per heavy atom. The van der Waals surface area contributed by atoms with Crippen molar-refractivity contribution in [2.75, 3.05) is 19.8 Å². The summed E-state index contributed by atoms with van der Waals surface area (Å²) in [4.78, 5) is 35.6. The molecular formula is C16H17BrN2O6. The minimum atomic E-state index is -1.11. The predicted molar refractivity (Wildman–Crippen MR) is 92.3 cm³/mol. The van der Waals surface area contributed by atoms with E-state index in [9.17, 15) is 14.4 Å². The molecule has 2 rings (SSSR count). The number of halogens is 1. The van der Waals surface area contributed by atoms with E-state index in [4.69, 9.17) is 14.6 Å². The highest BCUT2D eigenvalue weighted by atomic mass is 79.9. The third-order valence-electron chi connectivity index (χ3n) is 3.29. The molecule has 1 heterocycles. The molecule has 0 spiro atoms. The van der Waals surface area contributed by atoms with E-state index in [1.54, 1.807) is 26.0 Å². The van der Waals surface area contributed by atoms with Crippen molar-refractivity contribution in [3.63, 3.8) is 0 Å². The first-order valence-corrected chi connectivity index (χ1v) is 8.32. The standard InChI is InChI=1S/C16H17BrN2O6/c1-3-19-15(22)11(18-16(19)23)5-9-6-12(24-4-2)13(7-10(9)17)25-8-14(20)21/h5-7H,3-4,8H2,1-2H3,(H,18,23)(H,20,21)/b11-5+. The van der Waals surface area contributed by atoms with Crippen LogP contribution in [0.4, 0.5) is 4.79 Å². The molecule has 1 aliphatic heterocycles. The molecule has 0 bridgehead atoms. The van der Waals surface area contributed by atoms with Crippen LogP contribution >= 0.6 is 15.9 Å². The molecule has 1 saturated heterocycles. The molecule has 0 radical (unpaired) electrons. The quantitative estimate of drug-likeness (QED) is 0.525. The van der Waals surface area contributed by atoms with Crippen LogP contribution in [0.1, 0.15) is 19.4 Å². The summed E-state index contributed by atoms with van der Waals surface area (Å²) in [5, 5.41) is 11.3. The first kappa shape index (κ1) is 18.8. The van der Waals surface area contributed by atoms with Gasteiger partial charge in [-0.2, -0.15) is 0 Å². The van der Waals surface area contributed by atoms with E-state index in [0.29, 0.717) is 22.4 Å². The lowest BCUT2D eigenvalue weighted by molar-refractivity contribution is -0.139. The van der Waals surface area contributed by atoms with Crippen LogP contribution in [-0.4, -0.2) is 47.7 Å². The second-order valence-electron chi connectivity index (χ2n) is 4.97. The number of amides is 3. The Balaban J connectivity index is 2.37. The maximum Gasteiger partial charge on any atom is 0.341 e. The summed E-state index contributed by atoms with van der Waals surface area (Å²) in [6.45, 7) is 3.60. The number of benzene rings is 1. The van der Waals surface area contributed by atoms with Gasteiger partial charge in [0, 0.05) is 11.0 Å². The number of imide groups is 1. The van der Waals surface area contributed by atoms with E-state index < -0.39 is 24.5 Å². The van der Waals surface area contributed by atoms with E-state index >= 15 is 0 Å². The second-order valence-corrected chi connectivity index (χ2v) is 5.83. The smallest absolute Gasteiger partial charge is 0.341 e. The molecule has 1 fully saturated rings. The summed E-state index contributed by atoms with van der Waals surface area (Å²) in [7, 11) is 0. The number of nitrogens with zero attached hydrogens (tertiary/aromatic N) is 1. The molecule has 0 aromatic heterocycles. The fraction of sp³-hybridized carbons (Fsp3) is 0.312. The van der Waals surface area contributed by atoms with Crippen LogP contribution in [0.3, 0.4) is 0 Å². The number of aliphatic carboxylic acids is 1. The van der Waals surface area contributed by atoms with Crippen LogP contribution in [-0.2, 0) is 9.59 Å². The summed E-state index contributed by atoms with van der Waals surface area (Å²) >= 11 is 3.35. The van der Waals surface area contributed by atoms with Gasteiger partial charge >= 0.3 is 12.0 Å². The van der Waals surface area contributed by atoms with E-state index in [0.717, 1.165) is 4.90 Å². The first-order valence-electron chi connectivity index (χ1n) is 7.52. The monoisotopic (exact) mass is 412 g/mol. The summed E-state index contributed by atoms with van der Waals surface area (Å²) in [5.41, 5.74) is 0.724. The lowest BCUT2D eigenvalue weighted by Crippen LogP contribution is -2.30. The van der Waals surface area contributed by atoms with Gasteiger partial charge < -0.3 is 19.9 Å². The van der Waals surface area contributed by atoms with Gasteiger partial charge in [0.05, 0.1) is 6.61 Å². The van der Waals surface area contributed by atoms with Gasteiger partial charge in [0.25, 0.3) is 5.91 Å². The van der Waals surface area contributed by atoms with Crippen LogP contribution in [0.5, 0.6) is 11.5 Å². The number of hydrogen-bond acceptors (Lipinski definition) is 5. The Hall–Kier alpha value is -2.55. The van der Waals surface area contributed by atoms with Gasteiger partial charge in [-0.3, -0.25) is 9.69 Å². The molecule has 3 amide bonds. The molecule has 2 N–H and O–H groups in total. The molecule has 1 aromatic carbocycles. The van der Waals surface area contributed by atoms with E-state index in [2.05, 4.69) is 21.2 Å². The zero-order chi connectivity index (χ0) is 18.6. The number of nitrogens with one attached hydrogen (secondary N) is 1. The average molecular weight is 413 g/mol.